The third kappa shape index (κ3) is 2.37. The van der Waals surface area contributed by atoms with Crippen molar-refractivity contribution in [2.75, 3.05) is 0 Å². The largest absolute Gasteiger partial charge is 0.236 e. The summed E-state index contributed by atoms with van der Waals surface area (Å²) in [4.78, 5) is 12.4. The van der Waals surface area contributed by atoms with E-state index in [1.165, 1.54) is 28.7 Å². The van der Waals surface area contributed by atoms with E-state index < -0.39 is 5.82 Å². The number of rotatable bonds is 3. The van der Waals surface area contributed by atoms with Crippen LogP contribution in [0, 0.1) is 5.82 Å². The Bertz CT molecular complexity index is 782. The van der Waals surface area contributed by atoms with Crippen LogP contribution in [0.3, 0.4) is 0 Å². The van der Waals surface area contributed by atoms with Crippen LogP contribution in [-0.2, 0) is 0 Å². The summed E-state index contributed by atoms with van der Waals surface area (Å²) in [6.07, 6.45) is 0. The number of hydrogen-bond donors (Lipinski definition) is 0. The van der Waals surface area contributed by atoms with Crippen molar-refractivity contribution >= 4 is 46.1 Å². The van der Waals surface area contributed by atoms with E-state index in [9.17, 15) is 4.39 Å². The van der Waals surface area contributed by atoms with Crippen LogP contribution in [0.15, 0.2) is 34.0 Å². The number of hydrogen-bond acceptors (Lipinski definition) is 5. The Labute approximate surface area is 127 Å². The first-order valence-corrected chi connectivity index (χ1v) is 7.65. The van der Waals surface area contributed by atoms with Gasteiger partial charge in [-0.15, -0.1) is 22.7 Å². The van der Waals surface area contributed by atoms with Crippen molar-refractivity contribution in [1.29, 1.82) is 0 Å². The Balaban J connectivity index is 2.01. The van der Waals surface area contributed by atoms with Gasteiger partial charge in [0.1, 0.15) is 16.4 Å². The third-order valence-corrected chi connectivity index (χ3v) is 4.52. The molecule has 0 aliphatic rings. The minimum atomic E-state index is -0.457. The van der Waals surface area contributed by atoms with Crippen LogP contribution < -0.4 is 0 Å². The standard InChI is InChI=1S/C13H7ClFN3S2/c1-16-13-18-10(6-20-13)9-5-19-12(17-9)7-3-2-4-8(14)11(7)15/h2-6H,1H2. The molecule has 1 aromatic carbocycles. The predicted octanol–water partition coefficient (Wildman–Crippen LogP) is 5.06. The van der Waals surface area contributed by atoms with Crippen molar-refractivity contribution in [2.24, 2.45) is 4.99 Å². The Hall–Kier alpha value is -1.63. The van der Waals surface area contributed by atoms with E-state index in [1.807, 2.05) is 10.8 Å². The molecule has 0 amide bonds. The van der Waals surface area contributed by atoms with Gasteiger partial charge in [-0.05, 0) is 18.9 Å². The van der Waals surface area contributed by atoms with E-state index in [4.69, 9.17) is 11.6 Å². The van der Waals surface area contributed by atoms with Gasteiger partial charge < -0.3 is 0 Å². The average molecular weight is 324 g/mol. The van der Waals surface area contributed by atoms with E-state index in [-0.39, 0.29) is 5.02 Å². The van der Waals surface area contributed by atoms with Crippen molar-refractivity contribution in [2.45, 2.75) is 0 Å². The zero-order chi connectivity index (χ0) is 14.1. The van der Waals surface area contributed by atoms with Crippen LogP contribution >= 0.6 is 34.3 Å². The van der Waals surface area contributed by atoms with Crippen molar-refractivity contribution in [1.82, 2.24) is 9.97 Å². The monoisotopic (exact) mass is 323 g/mol. The molecule has 20 heavy (non-hydrogen) atoms. The fourth-order valence-electron chi connectivity index (χ4n) is 1.64. The lowest BCUT2D eigenvalue weighted by Gasteiger charge is -1.99. The highest BCUT2D eigenvalue weighted by Gasteiger charge is 2.14. The maximum Gasteiger partial charge on any atom is 0.209 e. The van der Waals surface area contributed by atoms with Gasteiger partial charge >= 0.3 is 0 Å². The molecule has 2 aromatic heterocycles. The van der Waals surface area contributed by atoms with Gasteiger partial charge in [0.15, 0.2) is 5.82 Å². The minimum absolute atomic E-state index is 0.0889. The van der Waals surface area contributed by atoms with Gasteiger partial charge in [0.25, 0.3) is 0 Å². The second kappa shape index (κ2) is 5.40. The highest BCUT2D eigenvalue weighted by Crippen LogP contribution is 2.33. The molecule has 0 aliphatic carbocycles. The maximum atomic E-state index is 14.0. The van der Waals surface area contributed by atoms with E-state index in [0.29, 0.717) is 27.1 Å². The summed E-state index contributed by atoms with van der Waals surface area (Å²) in [5, 5.41) is 4.92. The van der Waals surface area contributed by atoms with Crippen LogP contribution in [0.2, 0.25) is 5.02 Å². The van der Waals surface area contributed by atoms with E-state index >= 15 is 0 Å². The number of halogens is 2. The fourth-order valence-corrected chi connectivity index (χ4v) is 3.26. The van der Waals surface area contributed by atoms with E-state index in [1.54, 1.807) is 12.1 Å². The molecular weight excluding hydrogens is 317 g/mol. The second-order valence-corrected chi connectivity index (χ2v) is 5.91. The van der Waals surface area contributed by atoms with Gasteiger partial charge in [0, 0.05) is 16.3 Å². The summed E-state index contributed by atoms with van der Waals surface area (Å²) in [5.74, 6) is -0.457. The van der Waals surface area contributed by atoms with Gasteiger partial charge in [0.2, 0.25) is 5.13 Å². The first-order chi connectivity index (χ1) is 9.69. The molecule has 0 atom stereocenters. The SMILES string of the molecule is C=Nc1nc(-c2csc(-c3cccc(Cl)c3F)n2)cs1. The maximum absolute atomic E-state index is 14.0. The van der Waals surface area contributed by atoms with Gasteiger partial charge in [-0.2, -0.15) is 0 Å². The first-order valence-electron chi connectivity index (χ1n) is 5.51. The van der Waals surface area contributed by atoms with E-state index in [2.05, 4.69) is 21.7 Å². The van der Waals surface area contributed by atoms with Crippen LogP contribution in [0.1, 0.15) is 0 Å². The second-order valence-electron chi connectivity index (χ2n) is 3.81. The molecule has 0 fully saturated rings. The summed E-state index contributed by atoms with van der Waals surface area (Å²) in [6.45, 7) is 3.43. The van der Waals surface area contributed by atoms with Crippen LogP contribution in [0.25, 0.3) is 22.0 Å². The topological polar surface area (TPSA) is 38.1 Å². The first kappa shape index (κ1) is 13.4. The molecular formula is C13H7ClFN3S2. The highest BCUT2D eigenvalue weighted by atomic mass is 35.5. The molecule has 0 unspecified atom stereocenters. The Morgan fingerprint density at radius 3 is 2.65 bits per heavy atom. The molecule has 0 bridgehead atoms. The number of aliphatic imine (C=N–C) groups is 1. The van der Waals surface area contributed by atoms with Crippen LogP contribution in [-0.4, -0.2) is 16.7 Å². The van der Waals surface area contributed by atoms with Crippen molar-refractivity contribution in [3.05, 3.63) is 39.8 Å². The quantitative estimate of drug-likeness (QED) is 0.632. The number of aromatic nitrogens is 2. The molecule has 2 heterocycles. The lowest BCUT2D eigenvalue weighted by atomic mass is 10.2. The summed E-state index contributed by atoms with van der Waals surface area (Å²) in [6, 6.07) is 4.86. The van der Waals surface area contributed by atoms with Crippen molar-refractivity contribution in [3.63, 3.8) is 0 Å². The Kier molecular flexibility index (Phi) is 3.60. The molecule has 0 saturated heterocycles. The van der Waals surface area contributed by atoms with Crippen LogP contribution in [0.4, 0.5) is 9.52 Å². The number of thiazole rings is 2. The molecule has 0 radical (unpaired) electrons. The minimum Gasteiger partial charge on any atom is -0.236 e. The summed E-state index contributed by atoms with van der Waals surface area (Å²) < 4.78 is 14.0. The Morgan fingerprint density at radius 2 is 1.90 bits per heavy atom. The molecule has 100 valence electrons. The highest BCUT2D eigenvalue weighted by molar-refractivity contribution is 7.14. The van der Waals surface area contributed by atoms with Crippen molar-refractivity contribution in [3.8, 4) is 22.0 Å². The predicted molar refractivity (Wildman–Crippen MR) is 82.8 cm³/mol. The van der Waals surface area contributed by atoms with Crippen LogP contribution in [0.5, 0.6) is 0 Å². The molecule has 3 rings (SSSR count). The van der Waals surface area contributed by atoms with E-state index in [0.717, 1.165) is 0 Å². The molecule has 0 aliphatic heterocycles. The molecule has 0 spiro atoms. The average Bonchev–Trinajstić information content (AvgIpc) is 3.09. The lowest BCUT2D eigenvalue weighted by molar-refractivity contribution is 0.631. The fraction of sp³-hybridized carbons (Fsp3) is 0. The normalized spacial score (nSPS) is 10.7. The smallest absolute Gasteiger partial charge is 0.209 e. The molecule has 3 aromatic rings. The molecule has 3 nitrogen and oxygen atoms in total. The number of nitrogens with zero attached hydrogens (tertiary/aromatic N) is 3. The van der Waals surface area contributed by atoms with Gasteiger partial charge in [-0.3, -0.25) is 0 Å². The molecule has 0 N–H and O–H groups in total. The van der Waals surface area contributed by atoms with Gasteiger partial charge in [-0.25, -0.2) is 19.4 Å². The molecule has 7 heteroatoms. The summed E-state index contributed by atoms with van der Waals surface area (Å²) >= 11 is 8.51. The van der Waals surface area contributed by atoms with Gasteiger partial charge in [0.05, 0.1) is 5.02 Å². The zero-order valence-electron chi connectivity index (χ0n) is 10.0. The Morgan fingerprint density at radius 1 is 1.15 bits per heavy atom. The summed E-state index contributed by atoms with van der Waals surface area (Å²) in [5.41, 5.74) is 1.80. The number of benzene rings is 1. The lowest BCUT2D eigenvalue weighted by Crippen LogP contribution is -1.85. The summed E-state index contributed by atoms with van der Waals surface area (Å²) in [7, 11) is 0. The van der Waals surface area contributed by atoms with Gasteiger partial charge in [-0.1, -0.05) is 17.7 Å². The third-order valence-electron chi connectivity index (χ3n) is 2.58. The van der Waals surface area contributed by atoms with Crippen molar-refractivity contribution < 1.29 is 4.39 Å². The molecule has 0 saturated carbocycles. The zero-order valence-corrected chi connectivity index (χ0v) is 12.4.